The molecule has 0 bridgehead atoms. The van der Waals surface area contributed by atoms with E-state index in [0.29, 0.717) is 36.3 Å². The van der Waals surface area contributed by atoms with Gasteiger partial charge < -0.3 is 51.9 Å². The Kier molecular flexibility index (Phi) is 34.6. The van der Waals surface area contributed by atoms with E-state index in [-0.39, 0.29) is 112 Å². The number of carbonyl (C=O) groups excluding carboxylic acids is 11. The van der Waals surface area contributed by atoms with Gasteiger partial charge >= 0.3 is 0 Å². The van der Waals surface area contributed by atoms with Crippen LogP contribution >= 0.6 is 11.8 Å². The number of nitrogens with one attached hydrogen (secondary N) is 6. The molecule has 2 aliphatic rings. The van der Waals surface area contributed by atoms with Gasteiger partial charge in [0.05, 0.1) is 24.7 Å². The van der Waals surface area contributed by atoms with E-state index in [0.717, 1.165) is 87.2 Å². The van der Waals surface area contributed by atoms with Gasteiger partial charge in [-0.15, -0.1) is 0 Å². The number of amides is 5. The van der Waals surface area contributed by atoms with Gasteiger partial charge in [-0.05, 0) is 125 Å². The molecule has 7 atom stereocenters. The van der Waals surface area contributed by atoms with E-state index in [4.69, 9.17) is 5.73 Å². The molecule has 8 N–H and O–H groups in total. The van der Waals surface area contributed by atoms with E-state index in [9.17, 15) is 52.7 Å². The lowest BCUT2D eigenvalue weighted by Crippen LogP contribution is -2.59. The summed E-state index contributed by atoms with van der Waals surface area (Å²) in [5.41, 5.74) is 9.02. The van der Waals surface area contributed by atoms with Gasteiger partial charge in [-0.1, -0.05) is 105 Å². The van der Waals surface area contributed by atoms with Crippen molar-refractivity contribution in [3.8, 4) is 0 Å². The number of benzene rings is 2. The first-order valence-corrected chi connectivity index (χ1v) is 37.0. The maximum Gasteiger partial charge on any atom is 0.243 e. The molecule has 23 heteroatoms. The minimum Gasteiger partial charge on any atom is -0.369 e. The third-order valence-corrected chi connectivity index (χ3v) is 19.8. The molecule has 1 saturated heterocycles. The fourth-order valence-electron chi connectivity index (χ4n) is 13.3. The highest BCUT2D eigenvalue weighted by molar-refractivity contribution is 7.98. The van der Waals surface area contributed by atoms with Gasteiger partial charge in [-0.25, -0.2) is 0 Å². The maximum atomic E-state index is 14.6. The Morgan fingerprint density at radius 2 is 1.38 bits per heavy atom. The zero-order valence-electron chi connectivity index (χ0n) is 60.2. The van der Waals surface area contributed by atoms with Gasteiger partial charge in [0.15, 0.2) is 28.9 Å². The quantitative estimate of drug-likeness (QED) is 0.0215. The second-order valence-corrected chi connectivity index (χ2v) is 28.7. The molecule has 540 valence electrons. The van der Waals surface area contributed by atoms with Gasteiger partial charge in [0.1, 0.15) is 11.8 Å². The molecule has 2 aromatic carbocycles. The normalized spacial score (nSPS) is 16.3. The molecule has 5 rings (SSSR count). The minimum absolute atomic E-state index is 0.0000957. The number of nitrogens with two attached hydrogens (primary N) is 1. The van der Waals surface area contributed by atoms with Gasteiger partial charge in [-0.2, -0.15) is 11.8 Å². The number of para-hydroxylation sites is 1. The van der Waals surface area contributed by atoms with Crippen molar-refractivity contribution in [1.82, 2.24) is 46.3 Å². The van der Waals surface area contributed by atoms with E-state index in [1.54, 1.807) is 63.6 Å². The van der Waals surface area contributed by atoms with Crippen LogP contribution in [0.1, 0.15) is 174 Å². The fraction of sp³-hybridized carbons (Fsp3) is 0.627. The number of primary amides is 1. The minimum atomic E-state index is -1.18. The molecule has 1 aromatic heterocycles. The number of likely N-dealkylation sites (N-methyl/N-ethyl adjacent to an activating group) is 3. The second-order valence-electron chi connectivity index (χ2n) is 27.7. The molecule has 3 heterocycles. The van der Waals surface area contributed by atoms with Crippen molar-refractivity contribution < 1.29 is 52.7 Å². The van der Waals surface area contributed by atoms with Gasteiger partial charge in [0, 0.05) is 142 Å². The SMILES string of the molecule is CCN1CCN(CC)CC(CCCNCC(=O)Cc2ccc(C(=O)CC(CCC(C)=O)C(=O)N[C@@H](Cc3c[nH]c4ccccc34)C(=O)C[C@@H](C)C(=O)N[C@H](C(=O)CCC(=O)N[C@@H](CC3=CN=CC3)C(=O)NC(CC(C)C)C(=O)C[C@@H](CCSC)C(N)=O)C(C)C)cc2)(N(CC)CC)C1. The van der Waals surface area contributed by atoms with Gasteiger partial charge in [0.25, 0.3) is 0 Å². The number of nitrogens with zero attached hydrogens (tertiary/aromatic N) is 4. The van der Waals surface area contributed by atoms with Crippen LogP contribution in [-0.2, 0) is 60.8 Å². The Morgan fingerprint density at radius 1 is 0.714 bits per heavy atom. The van der Waals surface area contributed by atoms with E-state index in [2.05, 4.69) is 79.0 Å². The van der Waals surface area contributed by atoms with Crippen molar-refractivity contribution in [3.63, 3.8) is 0 Å². The summed E-state index contributed by atoms with van der Waals surface area (Å²) in [6.07, 6.45) is 8.87. The van der Waals surface area contributed by atoms with Crippen molar-refractivity contribution in [1.29, 1.82) is 0 Å². The van der Waals surface area contributed by atoms with Crippen LogP contribution in [0.4, 0.5) is 0 Å². The number of aliphatic imine (C=N–C) groups is 1. The molecule has 3 aromatic rings. The van der Waals surface area contributed by atoms with Crippen molar-refractivity contribution >= 4 is 93.1 Å². The Labute approximate surface area is 585 Å². The summed E-state index contributed by atoms with van der Waals surface area (Å²) in [6.45, 7) is 28.2. The second kappa shape index (κ2) is 41.5. The summed E-state index contributed by atoms with van der Waals surface area (Å²) in [5.74, 6) is -7.45. The van der Waals surface area contributed by atoms with Crippen LogP contribution in [-0.4, -0.2) is 197 Å². The number of carbonyl (C=O) groups is 11. The standard InChI is InChI=1S/C75H113N11O11S/c1-12-84-34-35-85(13-2)48-75(47-84,86(14-3)15-4)31-18-32-77-46-59(88)39-53-22-25-55(26-23-53)66(90)43-57(24-21-52(10)87)73(96)81-63(41-58-45-79-61-20-17-16-19-60(58)61)67(91)38-51(9)72(95)83-70(50(7)8)65(89)27-28-69(93)80-64(40-54-29-33-78-44-54)74(97)82-62(37-49(5)6)68(92)42-56(71(76)94)30-36-98-11/h16-17,19-20,22-23,25-26,33,44-45,49-51,56-57,62-64,70,77,79H,12-15,18,21,24,27-32,34-43,46-48H2,1-11H3,(H2,76,94)(H,80,93)(H,81,96)(H,82,97)(H,83,95)/t51-,56-,57?,62?,63+,64+,70+/m1/s1. The van der Waals surface area contributed by atoms with E-state index >= 15 is 0 Å². The highest BCUT2D eigenvalue weighted by Crippen LogP contribution is 2.29. The lowest BCUT2D eigenvalue weighted by molar-refractivity contribution is -0.135. The number of hydrogen-bond acceptors (Lipinski definition) is 17. The lowest BCUT2D eigenvalue weighted by Gasteiger charge is -2.46. The molecule has 0 saturated carbocycles. The van der Waals surface area contributed by atoms with E-state index in [1.807, 2.05) is 44.4 Å². The van der Waals surface area contributed by atoms with Gasteiger partial charge in [-0.3, -0.25) is 57.8 Å². The van der Waals surface area contributed by atoms with Crippen LogP contribution in [0, 0.1) is 29.6 Å². The van der Waals surface area contributed by atoms with Crippen molar-refractivity contribution in [2.45, 2.75) is 195 Å². The lowest BCUT2D eigenvalue weighted by atomic mass is 9.89. The summed E-state index contributed by atoms with van der Waals surface area (Å²) in [7, 11) is 0. The Bertz CT molecular complexity index is 3220. The molecular formula is C75H113N11O11S. The predicted molar refractivity (Wildman–Crippen MR) is 388 cm³/mol. The van der Waals surface area contributed by atoms with Crippen molar-refractivity contribution in [3.05, 3.63) is 83.2 Å². The average molecular weight is 1380 g/mol. The molecule has 1 fully saturated rings. The number of rotatable bonds is 47. The van der Waals surface area contributed by atoms with Crippen LogP contribution in [0.3, 0.4) is 0 Å². The number of fused-ring (bicyclic) bond motifs is 1. The summed E-state index contributed by atoms with van der Waals surface area (Å²) in [4.78, 5) is 166. The van der Waals surface area contributed by atoms with Crippen LogP contribution in [0.5, 0.6) is 0 Å². The Balaban J connectivity index is 1.21. The average Bonchev–Trinajstić information content (AvgIpc) is 1.64. The molecule has 0 aliphatic carbocycles. The molecule has 98 heavy (non-hydrogen) atoms. The van der Waals surface area contributed by atoms with Crippen molar-refractivity contribution in [2.75, 3.05) is 77.5 Å². The number of ketones is 6. The molecule has 2 aliphatic heterocycles. The first-order valence-electron chi connectivity index (χ1n) is 35.6. The number of Topliss-reactive ketones (excluding diaryl/α,β-unsaturated/α-hetero) is 6. The smallest absolute Gasteiger partial charge is 0.243 e. The first-order chi connectivity index (χ1) is 46.7. The predicted octanol–water partition coefficient (Wildman–Crippen LogP) is 7.34. The number of thioether (sulfide) groups is 1. The highest BCUT2D eigenvalue weighted by atomic mass is 32.2. The monoisotopic (exact) mass is 1380 g/mol. The highest BCUT2D eigenvalue weighted by Gasteiger charge is 2.40. The molecule has 22 nitrogen and oxygen atoms in total. The third-order valence-electron chi connectivity index (χ3n) is 19.2. The topological polar surface area (TPSA) is 312 Å². The van der Waals surface area contributed by atoms with Crippen LogP contribution in [0.15, 0.2) is 71.5 Å². The van der Waals surface area contributed by atoms with E-state index < -0.39 is 88.9 Å². The van der Waals surface area contributed by atoms with Crippen LogP contribution in [0.2, 0.25) is 0 Å². The molecule has 2 unspecified atom stereocenters. The summed E-state index contributed by atoms with van der Waals surface area (Å²) in [5, 5.41) is 15.5. The van der Waals surface area contributed by atoms with Crippen LogP contribution < -0.4 is 32.3 Å². The molecular weight excluding hydrogens is 1260 g/mol. The maximum absolute atomic E-state index is 14.6. The Morgan fingerprint density at radius 3 is 1.98 bits per heavy atom. The van der Waals surface area contributed by atoms with Crippen LogP contribution in [0.25, 0.3) is 10.9 Å². The number of hydrogen-bond donors (Lipinski definition) is 7. The fourth-order valence-corrected chi connectivity index (χ4v) is 13.9. The summed E-state index contributed by atoms with van der Waals surface area (Å²) >= 11 is 1.53. The molecule has 0 radical (unpaired) electrons. The molecule has 0 spiro atoms. The third kappa shape index (κ3) is 26.2. The number of aromatic nitrogens is 1. The number of H-pyrrole nitrogens is 1. The summed E-state index contributed by atoms with van der Waals surface area (Å²) in [6, 6.07) is 9.89. The number of aromatic amines is 1. The zero-order chi connectivity index (χ0) is 72.1. The summed E-state index contributed by atoms with van der Waals surface area (Å²) < 4.78 is 0. The molecule has 5 amide bonds. The largest absolute Gasteiger partial charge is 0.369 e. The zero-order valence-corrected chi connectivity index (χ0v) is 61.0. The Hall–Kier alpha value is -7.05. The van der Waals surface area contributed by atoms with Gasteiger partial charge in [0.2, 0.25) is 29.5 Å². The van der Waals surface area contributed by atoms with Crippen molar-refractivity contribution in [2.24, 2.45) is 40.3 Å². The first kappa shape index (κ1) is 81.6. The van der Waals surface area contributed by atoms with E-state index in [1.165, 1.54) is 18.7 Å².